The fraction of sp³-hybridized carbons (Fsp3) is 0.812. The first-order chi connectivity index (χ1) is 10.8. The van der Waals surface area contributed by atoms with E-state index in [0.717, 1.165) is 50.0 Å². The van der Waals surface area contributed by atoms with E-state index in [4.69, 9.17) is 4.74 Å². The minimum Gasteiger partial charge on any atom is -0.377 e. The maximum atomic E-state index is 13.1. The predicted octanol–water partition coefficient (Wildman–Crippen LogP) is 1.39. The molecule has 0 bridgehead atoms. The maximum absolute atomic E-state index is 13.1. The molecule has 3 unspecified atom stereocenters. The third kappa shape index (κ3) is 2.20. The Balaban J connectivity index is 1.66. The van der Waals surface area contributed by atoms with Crippen LogP contribution >= 0.6 is 0 Å². The average molecular weight is 339 g/mol. The summed E-state index contributed by atoms with van der Waals surface area (Å²) in [5.41, 5.74) is 1.71. The molecule has 1 saturated heterocycles. The van der Waals surface area contributed by atoms with E-state index < -0.39 is 10.0 Å². The number of aromatic nitrogens is 2. The lowest BCUT2D eigenvalue weighted by molar-refractivity contribution is -0.105. The highest BCUT2D eigenvalue weighted by molar-refractivity contribution is 7.89. The van der Waals surface area contributed by atoms with E-state index in [9.17, 15) is 8.42 Å². The summed E-state index contributed by atoms with van der Waals surface area (Å²) in [7, 11) is -1.83. The van der Waals surface area contributed by atoms with Crippen LogP contribution < -0.4 is 4.72 Å². The molecule has 1 aromatic rings. The highest BCUT2D eigenvalue weighted by atomic mass is 32.2. The molecule has 1 N–H and O–H groups in total. The third-order valence-electron chi connectivity index (χ3n) is 5.90. The van der Waals surface area contributed by atoms with Gasteiger partial charge in [-0.15, -0.1) is 0 Å². The number of hydrogen-bond acceptors (Lipinski definition) is 4. The van der Waals surface area contributed by atoms with Gasteiger partial charge < -0.3 is 4.74 Å². The summed E-state index contributed by atoms with van der Waals surface area (Å²) in [5.74, 6) is 0.295. The molecule has 2 aliphatic carbocycles. The topological polar surface area (TPSA) is 73.2 Å². The molecule has 4 rings (SSSR count). The SMILES string of the molecule is Cn1nc2c(c1S(=O)(=O)NC1C3CCOC3C1(C)C)CCCC2. The van der Waals surface area contributed by atoms with Crippen LogP contribution in [0.25, 0.3) is 0 Å². The molecule has 0 aromatic carbocycles. The first-order valence-corrected chi connectivity index (χ1v) is 9.99. The van der Waals surface area contributed by atoms with Gasteiger partial charge in [0.25, 0.3) is 10.0 Å². The minimum atomic E-state index is -3.56. The second-order valence-corrected chi connectivity index (χ2v) is 9.35. The van der Waals surface area contributed by atoms with Crippen LogP contribution in [0.2, 0.25) is 0 Å². The van der Waals surface area contributed by atoms with Crippen molar-refractivity contribution in [2.45, 2.75) is 63.1 Å². The van der Waals surface area contributed by atoms with Crippen LogP contribution in [-0.4, -0.2) is 37.0 Å². The Labute approximate surface area is 137 Å². The first kappa shape index (κ1) is 15.6. The van der Waals surface area contributed by atoms with Crippen LogP contribution in [0.3, 0.4) is 0 Å². The molecular weight excluding hydrogens is 314 g/mol. The molecule has 2 heterocycles. The van der Waals surface area contributed by atoms with Crippen LogP contribution in [0, 0.1) is 11.3 Å². The Morgan fingerprint density at radius 3 is 2.83 bits per heavy atom. The molecule has 0 radical (unpaired) electrons. The number of ether oxygens (including phenoxy) is 1. The lowest BCUT2D eigenvalue weighted by atomic mass is 9.58. The maximum Gasteiger partial charge on any atom is 0.258 e. The van der Waals surface area contributed by atoms with Gasteiger partial charge in [0.15, 0.2) is 5.03 Å². The molecule has 6 nitrogen and oxygen atoms in total. The Morgan fingerprint density at radius 2 is 2.04 bits per heavy atom. The van der Waals surface area contributed by atoms with Crippen molar-refractivity contribution in [3.63, 3.8) is 0 Å². The Hall–Kier alpha value is -0.920. The molecule has 23 heavy (non-hydrogen) atoms. The summed E-state index contributed by atoms with van der Waals surface area (Å²) < 4.78 is 36.4. The van der Waals surface area contributed by atoms with Gasteiger partial charge in [-0.05, 0) is 32.1 Å². The van der Waals surface area contributed by atoms with Gasteiger partial charge in [0.2, 0.25) is 0 Å². The second-order valence-electron chi connectivity index (χ2n) is 7.73. The summed E-state index contributed by atoms with van der Waals surface area (Å²) in [5, 5.41) is 4.81. The van der Waals surface area contributed by atoms with Gasteiger partial charge in [-0.3, -0.25) is 4.68 Å². The highest BCUT2D eigenvalue weighted by Gasteiger charge is 2.60. The number of fused-ring (bicyclic) bond motifs is 2. The summed E-state index contributed by atoms with van der Waals surface area (Å²) in [6, 6.07) is -0.0610. The zero-order valence-corrected chi connectivity index (χ0v) is 14.8. The van der Waals surface area contributed by atoms with Crippen LogP contribution in [0.5, 0.6) is 0 Å². The molecule has 0 spiro atoms. The van der Waals surface area contributed by atoms with Crippen molar-refractivity contribution >= 4 is 10.0 Å². The minimum absolute atomic E-state index is 0.0610. The predicted molar refractivity (Wildman–Crippen MR) is 85.6 cm³/mol. The van der Waals surface area contributed by atoms with Crippen LogP contribution in [0.1, 0.15) is 44.4 Å². The Morgan fingerprint density at radius 1 is 1.30 bits per heavy atom. The van der Waals surface area contributed by atoms with Crippen molar-refractivity contribution in [1.82, 2.24) is 14.5 Å². The van der Waals surface area contributed by atoms with Crippen molar-refractivity contribution in [3.05, 3.63) is 11.3 Å². The summed E-state index contributed by atoms with van der Waals surface area (Å²) >= 11 is 0. The Bertz CT molecular complexity index is 738. The molecule has 1 aromatic heterocycles. The number of nitrogens with zero attached hydrogens (tertiary/aromatic N) is 2. The molecule has 7 heteroatoms. The summed E-state index contributed by atoms with van der Waals surface area (Å²) in [6.07, 6.45) is 4.93. The average Bonchev–Trinajstić information content (AvgIpc) is 3.06. The monoisotopic (exact) mass is 339 g/mol. The van der Waals surface area contributed by atoms with Gasteiger partial charge in [0, 0.05) is 36.6 Å². The van der Waals surface area contributed by atoms with Gasteiger partial charge in [-0.25, -0.2) is 13.1 Å². The van der Waals surface area contributed by atoms with Crippen LogP contribution in [0.4, 0.5) is 0 Å². The lowest BCUT2D eigenvalue weighted by Gasteiger charge is -2.54. The number of aryl methyl sites for hydroxylation is 2. The summed E-state index contributed by atoms with van der Waals surface area (Å²) in [4.78, 5) is 0. The lowest BCUT2D eigenvalue weighted by Crippen LogP contribution is -2.66. The standard InChI is InChI=1S/C16H25N3O3S/c1-16(2)13(11-8-9-22-14(11)16)18-23(20,21)15-10-6-4-5-7-12(10)17-19(15)3/h11,13-14,18H,4-9H2,1-3H3. The van der Waals surface area contributed by atoms with Crippen LogP contribution in [-0.2, 0) is 34.6 Å². The van der Waals surface area contributed by atoms with Gasteiger partial charge in [-0.2, -0.15) is 5.10 Å². The molecular formula is C16H25N3O3S. The van der Waals surface area contributed by atoms with Crippen molar-refractivity contribution in [1.29, 1.82) is 0 Å². The molecule has 1 saturated carbocycles. The van der Waals surface area contributed by atoms with Crippen molar-refractivity contribution < 1.29 is 13.2 Å². The number of sulfonamides is 1. The van der Waals surface area contributed by atoms with Crippen LogP contribution in [0.15, 0.2) is 5.03 Å². The normalized spacial score (nSPS) is 32.2. The van der Waals surface area contributed by atoms with Gasteiger partial charge in [-0.1, -0.05) is 13.8 Å². The molecule has 3 atom stereocenters. The number of nitrogens with one attached hydrogen (secondary N) is 1. The quantitative estimate of drug-likeness (QED) is 0.903. The van der Waals surface area contributed by atoms with E-state index in [1.807, 2.05) is 0 Å². The van der Waals surface area contributed by atoms with E-state index in [1.165, 1.54) is 0 Å². The zero-order valence-electron chi connectivity index (χ0n) is 14.0. The number of rotatable bonds is 3. The zero-order chi connectivity index (χ0) is 16.4. The molecule has 2 fully saturated rings. The van der Waals surface area contributed by atoms with Gasteiger partial charge >= 0.3 is 0 Å². The molecule has 128 valence electrons. The molecule has 1 aliphatic heterocycles. The van der Waals surface area contributed by atoms with E-state index in [2.05, 4.69) is 23.7 Å². The first-order valence-electron chi connectivity index (χ1n) is 8.51. The van der Waals surface area contributed by atoms with Crippen molar-refractivity contribution in [2.24, 2.45) is 18.4 Å². The van der Waals surface area contributed by atoms with E-state index >= 15 is 0 Å². The second kappa shape index (κ2) is 5.04. The molecule has 3 aliphatic rings. The fourth-order valence-corrected chi connectivity index (χ4v) is 6.63. The van der Waals surface area contributed by atoms with Crippen molar-refractivity contribution in [2.75, 3.05) is 6.61 Å². The summed E-state index contributed by atoms with van der Waals surface area (Å²) in [6.45, 7) is 4.91. The van der Waals surface area contributed by atoms with Gasteiger partial charge in [0.1, 0.15) is 0 Å². The molecule has 0 amide bonds. The fourth-order valence-electron chi connectivity index (χ4n) is 4.77. The van der Waals surface area contributed by atoms with E-state index in [-0.39, 0.29) is 17.6 Å². The smallest absolute Gasteiger partial charge is 0.258 e. The Kier molecular flexibility index (Phi) is 3.42. The van der Waals surface area contributed by atoms with Crippen molar-refractivity contribution in [3.8, 4) is 0 Å². The third-order valence-corrected chi connectivity index (χ3v) is 7.48. The van der Waals surface area contributed by atoms with Gasteiger partial charge in [0.05, 0.1) is 11.8 Å². The van der Waals surface area contributed by atoms with E-state index in [1.54, 1.807) is 11.7 Å². The highest BCUT2D eigenvalue weighted by Crippen LogP contribution is 2.52. The largest absolute Gasteiger partial charge is 0.377 e. The number of hydrogen-bond donors (Lipinski definition) is 1. The van der Waals surface area contributed by atoms with E-state index in [0.29, 0.717) is 10.9 Å².